The van der Waals surface area contributed by atoms with Crippen LogP contribution in [0.1, 0.15) is 20.8 Å². The Morgan fingerprint density at radius 3 is 2.25 bits per heavy atom. The molecule has 0 saturated carbocycles. The van der Waals surface area contributed by atoms with Crippen molar-refractivity contribution in [1.29, 1.82) is 0 Å². The molecule has 0 aliphatic rings. The van der Waals surface area contributed by atoms with Crippen LogP contribution in [-0.2, 0) is 9.59 Å². The van der Waals surface area contributed by atoms with Crippen LogP contribution in [0.3, 0.4) is 0 Å². The van der Waals surface area contributed by atoms with Gasteiger partial charge in [0.15, 0.2) is 0 Å². The summed E-state index contributed by atoms with van der Waals surface area (Å²) in [6.07, 6.45) is 2.02. The van der Waals surface area contributed by atoms with Gasteiger partial charge in [-0.05, 0) is 17.9 Å². The van der Waals surface area contributed by atoms with Crippen LogP contribution < -0.4 is 5.32 Å². The molecule has 16 heavy (non-hydrogen) atoms. The van der Waals surface area contributed by atoms with Gasteiger partial charge in [0, 0.05) is 12.5 Å². The first-order chi connectivity index (χ1) is 7.40. The minimum atomic E-state index is -0.931. The molecule has 0 spiro atoms. The van der Waals surface area contributed by atoms with E-state index in [2.05, 4.69) is 12.2 Å². The highest BCUT2D eigenvalue weighted by molar-refractivity contribution is 7.98. The second kappa shape index (κ2) is 7.54. The van der Waals surface area contributed by atoms with Crippen LogP contribution in [0.15, 0.2) is 0 Å². The van der Waals surface area contributed by atoms with Gasteiger partial charge in [0.05, 0.1) is 5.92 Å². The van der Waals surface area contributed by atoms with Gasteiger partial charge in [0.25, 0.3) is 0 Å². The van der Waals surface area contributed by atoms with Crippen molar-refractivity contribution in [2.45, 2.75) is 20.8 Å². The van der Waals surface area contributed by atoms with Gasteiger partial charge >= 0.3 is 5.97 Å². The molecule has 0 bridgehead atoms. The Morgan fingerprint density at radius 1 is 1.25 bits per heavy atom. The van der Waals surface area contributed by atoms with Gasteiger partial charge in [-0.25, -0.2) is 0 Å². The lowest BCUT2D eigenvalue weighted by Crippen LogP contribution is -2.37. The maximum atomic E-state index is 11.6. The van der Waals surface area contributed by atoms with E-state index in [0.717, 1.165) is 5.75 Å². The molecule has 0 fully saturated rings. The SMILES string of the molecule is CSCC(C)CNC(=O)C(C)C(C)C(=O)O. The maximum Gasteiger partial charge on any atom is 0.307 e. The smallest absolute Gasteiger partial charge is 0.307 e. The number of thioether (sulfide) groups is 1. The highest BCUT2D eigenvalue weighted by Crippen LogP contribution is 2.11. The highest BCUT2D eigenvalue weighted by Gasteiger charge is 2.25. The summed E-state index contributed by atoms with van der Waals surface area (Å²) in [5.41, 5.74) is 0. The van der Waals surface area contributed by atoms with Crippen LogP contribution in [0.2, 0.25) is 0 Å². The van der Waals surface area contributed by atoms with Crippen molar-refractivity contribution in [2.24, 2.45) is 17.8 Å². The number of hydrogen-bond donors (Lipinski definition) is 2. The summed E-state index contributed by atoms with van der Waals surface area (Å²) in [5, 5.41) is 11.6. The average molecular weight is 247 g/mol. The summed E-state index contributed by atoms with van der Waals surface area (Å²) in [7, 11) is 0. The third-order valence-corrected chi connectivity index (χ3v) is 3.53. The molecule has 1 amide bonds. The monoisotopic (exact) mass is 247 g/mol. The van der Waals surface area contributed by atoms with Crippen LogP contribution >= 0.6 is 11.8 Å². The molecule has 0 aromatic rings. The number of carbonyl (C=O) groups is 2. The van der Waals surface area contributed by atoms with Gasteiger partial charge in [-0.2, -0.15) is 11.8 Å². The predicted octanol–water partition coefficient (Wildman–Crippen LogP) is 1.46. The lowest BCUT2D eigenvalue weighted by Gasteiger charge is -2.17. The van der Waals surface area contributed by atoms with E-state index in [4.69, 9.17) is 5.11 Å². The Labute approximate surface area is 101 Å². The molecule has 3 atom stereocenters. The van der Waals surface area contributed by atoms with E-state index < -0.39 is 17.8 Å². The molecule has 94 valence electrons. The molecule has 0 radical (unpaired) electrons. The molecular formula is C11H21NO3S. The molecule has 0 heterocycles. The number of amides is 1. The maximum absolute atomic E-state index is 11.6. The van der Waals surface area contributed by atoms with Crippen LogP contribution in [0, 0.1) is 17.8 Å². The van der Waals surface area contributed by atoms with Crippen LogP contribution in [-0.4, -0.2) is 35.5 Å². The van der Waals surface area contributed by atoms with Gasteiger partial charge < -0.3 is 10.4 Å². The number of rotatable bonds is 7. The first kappa shape index (κ1) is 15.3. The van der Waals surface area contributed by atoms with Crippen molar-refractivity contribution in [3.05, 3.63) is 0 Å². The lowest BCUT2D eigenvalue weighted by atomic mass is 9.95. The van der Waals surface area contributed by atoms with Crippen molar-refractivity contribution in [1.82, 2.24) is 5.32 Å². The molecule has 5 heteroatoms. The van der Waals surface area contributed by atoms with Gasteiger partial charge in [0.1, 0.15) is 0 Å². The highest BCUT2D eigenvalue weighted by atomic mass is 32.2. The Morgan fingerprint density at radius 2 is 1.81 bits per heavy atom. The predicted molar refractivity (Wildman–Crippen MR) is 66.5 cm³/mol. The Kier molecular flexibility index (Phi) is 7.21. The van der Waals surface area contributed by atoms with E-state index in [1.807, 2.05) is 6.26 Å². The fourth-order valence-corrected chi connectivity index (χ4v) is 1.91. The Balaban J connectivity index is 4.01. The van der Waals surface area contributed by atoms with Crippen LogP contribution in [0.4, 0.5) is 0 Å². The second-order valence-electron chi connectivity index (χ2n) is 4.22. The van der Waals surface area contributed by atoms with Crippen molar-refractivity contribution < 1.29 is 14.7 Å². The minimum Gasteiger partial charge on any atom is -0.481 e. The number of nitrogens with one attached hydrogen (secondary N) is 1. The van der Waals surface area contributed by atoms with E-state index >= 15 is 0 Å². The molecule has 2 N–H and O–H groups in total. The topological polar surface area (TPSA) is 66.4 Å². The van der Waals surface area contributed by atoms with E-state index in [0.29, 0.717) is 12.5 Å². The lowest BCUT2D eigenvalue weighted by molar-refractivity contribution is -0.146. The largest absolute Gasteiger partial charge is 0.481 e. The van der Waals surface area contributed by atoms with Crippen molar-refractivity contribution in [3.8, 4) is 0 Å². The Bertz CT molecular complexity index is 245. The van der Waals surface area contributed by atoms with Gasteiger partial charge in [-0.1, -0.05) is 20.8 Å². The summed E-state index contributed by atoms with van der Waals surface area (Å²) >= 11 is 1.74. The summed E-state index contributed by atoms with van der Waals surface area (Å²) in [5.74, 6) is -0.841. The number of hydrogen-bond acceptors (Lipinski definition) is 3. The molecule has 0 aromatic heterocycles. The van der Waals surface area contributed by atoms with E-state index in [9.17, 15) is 9.59 Å². The van der Waals surface area contributed by atoms with Gasteiger partial charge in [0.2, 0.25) is 5.91 Å². The molecule has 0 saturated heterocycles. The number of aliphatic carboxylic acids is 1. The normalized spacial score (nSPS) is 16.2. The summed E-state index contributed by atoms with van der Waals surface area (Å²) in [6.45, 7) is 5.86. The number of carboxylic acid groups (broad SMARTS) is 1. The summed E-state index contributed by atoms with van der Waals surface area (Å²) < 4.78 is 0. The first-order valence-corrected chi connectivity index (χ1v) is 6.79. The minimum absolute atomic E-state index is 0.178. The molecular weight excluding hydrogens is 226 g/mol. The zero-order valence-electron chi connectivity index (χ0n) is 10.3. The molecule has 0 aromatic carbocycles. The zero-order valence-corrected chi connectivity index (χ0v) is 11.1. The van der Waals surface area contributed by atoms with Crippen molar-refractivity contribution >= 4 is 23.6 Å². The first-order valence-electron chi connectivity index (χ1n) is 5.39. The van der Waals surface area contributed by atoms with Crippen LogP contribution in [0.25, 0.3) is 0 Å². The zero-order chi connectivity index (χ0) is 12.7. The summed E-state index contributed by atoms with van der Waals surface area (Å²) in [6, 6.07) is 0. The summed E-state index contributed by atoms with van der Waals surface area (Å²) in [4.78, 5) is 22.3. The van der Waals surface area contributed by atoms with E-state index in [-0.39, 0.29) is 5.91 Å². The average Bonchev–Trinajstić information content (AvgIpc) is 2.24. The van der Waals surface area contributed by atoms with E-state index in [1.54, 1.807) is 25.6 Å². The molecule has 0 aliphatic heterocycles. The van der Waals surface area contributed by atoms with Crippen LogP contribution in [0.5, 0.6) is 0 Å². The molecule has 3 unspecified atom stereocenters. The third-order valence-electron chi connectivity index (χ3n) is 2.63. The van der Waals surface area contributed by atoms with Gasteiger partial charge in [-0.15, -0.1) is 0 Å². The van der Waals surface area contributed by atoms with Gasteiger partial charge in [-0.3, -0.25) is 9.59 Å². The number of carbonyl (C=O) groups excluding carboxylic acids is 1. The standard InChI is InChI=1S/C11H21NO3S/c1-7(6-16-4)5-12-10(13)8(2)9(3)11(14)15/h7-9H,5-6H2,1-4H3,(H,12,13)(H,14,15). The molecule has 0 rings (SSSR count). The second-order valence-corrected chi connectivity index (χ2v) is 5.13. The fraction of sp³-hybridized carbons (Fsp3) is 0.818. The van der Waals surface area contributed by atoms with Crippen molar-refractivity contribution in [3.63, 3.8) is 0 Å². The quantitative estimate of drug-likeness (QED) is 0.715. The Hall–Kier alpha value is -0.710. The number of carboxylic acids is 1. The van der Waals surface area contributed by atoms with E-state index in [1.165, 1.54) is 0 Å². The molecule has 4 nitrogen and oxygen atoms in total. The third kappa shape index (κ3) is 5.39. The fourth-order valence-electron chi connectivity index (χ4n) is 1.22. The van der Waals surface area contributed by atoms with Crippen molar-refractivity contribution in [2.75, 3.05) is 18.6 Å². The molecule has 0 aliphatic carbocycles.